The van der Waals surface area contributed by atoms with Crippen LogP contribution in [-0.4, -0.2) is 47.5 Å². The molecule has 0 saturated heterocycles. The molecule has 0 spiro atoms. The van der Waals surface area contributed by atoms with Gasteiger partial charge in [-0.25, -0.2) is 4.79 Å². The van der Waals surface area contributed by atoms with Crippen LogP contribution >= 0.6 is 0 Å². The second-order valence-electron chi connectivity index (χ2n) is 8.38. The second-order valence-corrected chi connectivity index (χ2v) is 8.38. The van der Waals surface area contributed by atoms with Gasteiger partial charge in [-0.2, -0.15) is 0 Å². The number of ether oxygens (including phenoxy) is 2. The molecule has 3 rings (SSSR count). The maximum atomic E-state index is 12.2. The first-order chi connectivity index (χ1) is 18.6. The largest absolute Gasteiger partial charge is 0.457 e. The fraction of sp³-hybridized carbons (Fsp3) is 0.179. The van der Waals surface area contributed by atoms with E-state index in [2.05, 4.69) is 5.32 Å². The molecule has 11 heteroatoms. The molecule has 200 valence electrons. The molecule has 0 aliphatic heterocycles. The molecule has 0 bridgehead atoms. The van der Waals surface area contributed by atoms with Crippen LogP contribution in [0.2, 0.25) is 0 Å². The second kappa shape index (κ2) is 13.4. The van der Waals surface area contributed by atoms with Gasteiger partial charge >= 0.3 is 11.9 Å². The quantitative estimate of drug-likeness (QED) is 0.157. The lowest BCUT2D eigenvalue weighted by Crippen LogP contribution is -2.17. The number of hydrogen-bond acceptors (Lipinski definition) is 9. The van der Waals surface area contributed by atoms with Gasteiger partial charge in [-0.3, -0.25) is 29.3 Å². The zero-order valence-electron chi connectivity index (χ0n) is 20.9. The third kappa shape index (κ3) is 8.71. The van der Waals surface area contributed by atoms with Crippen LogP contribution in [0.4, 0.5) is 11.4 Å². The summed E-state index contributed by atoms with van der Waals surface area (Å²) >= 11 is 0. The summed E-state index contributed by atoms with van der Waals surface area (Å²) in [6, 6.07) is 17.7. The molecule has 0 aliphatic rings. The Bertz CT molecular complexity index is 1400. The van der Waals surface area contributed by atoms with Crippen molar-refractivity contribution >= 4 is 40.8 Å². The number of esters is 2. The molecular weight excluding hydrogens is 508 g/mol. The van der Waals surface area contributed by atoms with Crippen LogP contribution in [0.5, 0.6) is 0 Å². The van der Waals surface area contributed by atoms with Crippen molar-refractivity contribution in [1.29, 1.82) is 0 Å². The average molecular weight is 533 g/mol. The summed E-state index contributed by atoms with van der Waals surface area (Å²) in [6.07, 6.45) is -0.526. The van der Waals surface area contributed by atoms with Crippen molar-refractivity contribution in [3.63, 3.8) is 0 Å². The molecule has 0 saturated carbocycles. The lowest BCUT2D eigenvalue weighted by Gasteiger charge is -2.08. The Kier molecular flexibility index (Phi) is 9.74. The molecule has 1 N–H and O–H groups in total. The number of carbonyl (C=O) groups excluding carboxylic acids is 5. The van der Waals surface area contributed by atoms with Crippen molar-refractivity contribution in [3.05, 3.63) is 105 Å². The minimum absolute atomic E-state index is 0.0277. The Morgan fingerprint density at radius 3 is 2.05 bits per heavy atom. The van der Waals surface area contributed by atoms with Gasteiger partial charge in [0, 0.05) is 35.4 Å². The third-order valence-electron chi connectivity index (χ3n) is 5.41. The summed E-state index contributed by atoms with van der Waals surface area (Å²) < 4.78 is 9.92. The van der Waals surface area contributed by atoms with Crippen LogP contribution in [0.3, 0.4) is 0 Å². The lowest BCUT2D eigenvalue weighted by atomic mass is 10.1. The molecule has 3 aromatic rings. The number of rotatable bonds is 12. The lowest BCUT2D eigenvalue weighted by molar-refractivity contribution is -0.384. The molecule has 0 atom stereocenters. The van der Waals surface area contributed by atoms with Crippen LogP contribution in [0.15, 0.2) is 72.8 Å². The Morgan fingerprint density at radius 2 is 1.38 bits per heavy atom. The first kappa shape index (κ1) is 28.4. The normalized spacial score (nSPS) is 10.3. The Morgan fingerprint density at radius 1 is 0.769 bits per heavy atom. The summed E-state index contributed by atoms with van der Waals surface area (Å²) in [7, 11) is 0. The standard InChI is InChI=1S/C28H24N2O9/c1-18-5-7-19(8-6-18)24(31)17-39-28(35)20-9-11-22(12-10-20)29-26(33)13-14-27(34)38-16-25(32)21-3-2-4-23(15-21)30(36)37/h2-12,15H,13-14,16-17H2,1H3,(H,29,33). The molecule has 0 radical (unpaired) electrons. The van der Waals surface area contributed by atoms with Crippen LogP contribution in [0, 0.1) is 17.0 Å². The Hall–Kier alpha value is -5.19. The summed E-state index contributed by atoms with van der Waals surface area (Å²) in [5, 5.41) is 13.4. The monoisotopic (exact) mass is 532 g/mol. The molecule has 39 heavy (non-hydrogen) atoms. The van der Waals surface area contributed by atoms with Crippen molar-refractivity contribution in [1.82, 2.24) is 0 Å². The summed E-state index contributed by atoms with van der Waals surface area (Å²) in [6.45, 7) is 0.870. The van der Waals surface area contributed by atoms with Gasteiger partial charge in [0.15, 0.2) is 19.0 Å². The summed E-state index contributed by atoms with van der Waals surface area (Å²) in [5.74, 6) is -2.94. The minimum atomic E-state index is -0.790. The van der Waals surface area contributed by atoms with Gasteiger partial charge in [-0.1, -0.05) is 42.0 Å². The van der Waals surface area contributed by atoms with E-state index in [1.807, 2.05) is 6.92 Å². The summed E-state index contributed by atoms with van der Waals surface area (Å²) in [4.78, 5) is 70.7. The SMILES string of the molecule is Cc1ccc(C(=O)COC(=O)c2ccc(NC(=O)CCC(=O)OCC(=O)c3cccc([N+](=O)[O-])c3)cc2)cc1. The maximum Gasteiger partial charge on any atom is 0.338 e. The molecular formula is C28H24N2O9. The van der Waals surface area contributed by atoms with Crippen LogP contribution in [0.1, 0.15) is 49.5 Å². The topological polar surface area (TPSA) is 159 Å². The number of ketones is 2. The van der Waals surface area contributed by atoms with Gasteiger partial charge in [-0.15, -0.1) is 0 Å². The first-order valence-corrected chi connectivity index (χ1v) is 11.7. The predicted molar refractivity (Wildman–Crippen MR) is 138 cm³/mol. The summed E-state index contributed by atoms with van der Waals surface area (Å²) in [5.41, 5.74) is 1.75. The highest BCUT2D eigenvalue weighted by molar-refractivity contribution is 6.00. The average Bonchev–Trinajstić information content (AvgIpc) is 2.94. The number of non-ortho nitro benzene ring substituents is 1. The van der Waals surface area contributed by atoms with E-state index >= 15 is 0 Å². The smallest absolute Gasteiger partial charge is 0.338 e. The number of aryl methyl sites for hydroxylation is 1. The van der Waals surface area contributed by atoms with E-state index in [9.17, 15) is 34.1 Å². The van der Waals surface area contributed by atoms with Gasteiger partial charge in [0.2, 0.25) is 11.7 Å². The van der Waals surface area contributed by atoms with Crippen LogP contribution in [0.25, 0.3) is 0 Å². The number of amides is 1. The van der Waals surface area contributed by atoms with E-state index in [4.69, 9.17) is 9.47 Å². The molecule has 0 unspecified atom stereocenters. The van der Waals surface area contributed by atoms with Gasteiger partial charge in [-0.05, 0) is 31.2 Å². The molecule has 0 fully saturated rings. The van der Waals surface area contributed by atoms with Gasteiger partial charge in [0.1, 0.15) is 0 Å². The van der Waals surface area contributed by atoms with Gasteiger partial charge in [0.25, 0.3) is 5.69 Å². The van der Waals surface area contributed by atoms with Gasteiger partial charge < -0.3 is 14.8 Å². The number of nitro groups is 1. The number of carbonyl (C=O) groups is 5. The number of benzene rings is 3. The van der Waals surface area contributed by atoms with Crippen molar-refractivity contribution in [2.75, 3.05) is 18.5 Å². The van der Waals surface area contributed by atoms with E-state index in [-0.39, 0.29) is 35.4 Å². The van der Waals surface area contributed by atoms with Crippen molar-refractivity contribution in [2.24, 2.45) is 0 Å². The molecule has 0 heterocycles. The van der Waals surface area contributed by atoms with E-state index in [1.54, 1.807) is 24.3 Å². The number of hydrogen-bond donors (Lipinski definition) is 1. The van der Waals surface area contributed by atoms with Crippen molar-refractivity contribution in [3.8, 4) is 0 Å². The Labute approximate surface area is 222 Å². The molecule has 1 amide bonds. The predicted octanol–water partition coefficient (Wildman–Crippen LogP) is 4.09. The zero-order chi connectivity index (χ0) is 28.4. The number of anilines is 1. The number of nitrogens with one attached hydrogen (secondary N) is 1. The maximum absolute atomic E-state index is 12.2. The molecule has 3 aromatic carbocycles. The molecule has 0 aromatic heterocycles. The highest BCUT2D eigenvalue weighted by atomic mass is 16.6. The highest BCUT2D eigenvalue weighted by Crippen LogP contribution is 2.14. The first-order valence-electron chi connectivity index (χ1n) is 11.7. The Balaban J connectivity index is 1.39. The third-order valence-corrected chi connectivity index (χ3v) is 5.41. The van der Waals surface area contributed by atoms with E-state index in [1.165, 1.54) is 42.5 Å². The highest BCUT2D eigenvalue weighted by Gasteiger charge is 2.15. The number of nitro benzene ring substituents is 1. The van der Waals surface area contributed by atoms with E-state index < -0.39 is 41.8 Å². The van der Waals surface area contributed by atoms with Crippen molar-refractivity contribution in [2.45, 2.75) is 19.8 Å². The zero-order valence-corrected chi connectivity index (χ0v) is 20.9. The number of nitrogens with zero attached hydrogens (tertiary/aromatic N) is 1. The fourth-order valence-electron chi connectivity index (χ4n) is 3.26. The molecule has 11 nitrogen and oxygen atoms in total. The molecule has 0 aliphatic carbocycles. The minimum Gasteiger partial charge on any atom is -0.457 e. The van der Waals surface area contributed by atoms with Crippen molar-refractivity contribution < 1.29 is 38.4 Å². The van der Waals surface area contributed by atoms with E-state index in [0.717, 1.165) is 11.6 Å². The number of Topliss-reactive ketones (excluding diaryl/α,β-unsaturated/α-hetero) is 2. The van der Waals surface area contributed by atoms with Crippen LogP contribution in [-0.2, 0) is 19.1 Å². The van der Waals surface area contributed by atoms with Crippen LogP contribution < -0.4 is 5.32 Å². The fourth-order valence-corrected chi connectivity index (χ4v) is 3.26. The van der Waals surface area contributed by atoms with E-state index in [0.29, 0.717) is 11.3 Å². The van der Waals surface area contributed by atoms with Gasteiger partial charge in [0.05, 0.1) is 16.9 Å².